The van der Waals surface area contributed by atoms with E-state index in [1.165, 1.54) is 0 Å². The standard InChI is InChI=1S/C20H20BrNO3/c1-14-3-2-4-18(13-14)25-20(24)16-9-11-22(12-10-16)19(23)15-5-7-17(21)8-6-15/h2-8,13,16H,9-12H2,1H3. The van der Waals surface area contributed by atoms with Crippen molar-refractivity contribution in [3.63, 3.8) is 0 Å². The second kappa shape index (κ2) is 7.83. The minimum Gasteiger partial charge on any atom is -0.426 e. The molecular formula is C20H20BrNO3. The normalized spacial score (nSPS) is 15.0. The van der Waals surface area contributed by atoms with Crippen molar-refractivity contribution in [2.75, 3.05) is 13.1 Å². The average Bonchev–Trinajstić information content (AvgIpc) is 2.62. The molecule has 3 rings (SSSR count). The van der Waals surface area contributed by atoms with Crippen molar-refractivity contribution < 1.29 is 14.3 Å². The van der Waals surface area contributed by atoms with Crippen molar-refractivity contribution >= 4 is 27.8 Å². The summed E-state index contributed by atoms with van der Waals surface area (Å²) in [7, 11) is 0. The number of aryl methyl sites for hydroxylation is 1. The number of esters is 1. The molecule has 0 bridgehead atoms. The van der Waals surface area contributed by atoms with Crippen molar-refractivity contribution in [1.29, 1.82) is 0 Å². The molecule has 0 aliphatic carbocycles. The third-order valence-corrected chi connectivity index (χ3v) is 4.94. The van der Waals surface area contributed by atoms with E-state index in [1.807, 2.05) is 49.4 Å². The number of amides is 1. The molecule has 1 aliphatic heterocycles. The highest BCUT2D eigenvalue weighted by atomic mass is 79.9. The Morgan fingerprint density at radius 1 is 1.08 bits per heavy atom. The number of rotatable bonds is 3. The lowest BCUT2D eigenvalue weighted by molar-refractivity contribution is -0.140. The smallest absolute Gasteiger partial charge is 0.314 e. The SMILES string of the molecule is Cc1cccc(OC(=O)C2CCN(C(=O)c3ccc(Br)cc3)CC2)c1. The van der Waals surface area contributed by atoms with Gasteiger partial charge in [-0.15, -0.1) is 0 Å². The van der Waals surface area contributed by atoms with Crippen LogP contribution in [0.4, 0.5) is 0 Å². The number of likely N-dealkylation sites (tertiary alicyclic amines) is 1. The van der Waals surface area contributed by atoms with Crippen LogP contribution in [-0.4, -0.2) is 29.9 Å². The zero-order valence-electron chi connectivity index (χ0n) is 14.1. The van der Waals surface area contributed by atoms with E-state index in [0.29, 0.717) is 37.2 Å². The highest BCUT2D eigenvalue weighted by Gasteiger charge is 2.29. The molecule has 1 aliphatic rings. The van der Waals surface area contributed by atoms with Gasteiger partial charge in [0.05, 0.1) is 5.92 Å². The highest BCUT2D eigenvalue weighted by molar-refractivity contribution is 9.10. The first-order chi connectivity index (χ1) is 12.0. The van der Waals surface area contributed by atoms with Gasteiger partial charge in [-0.3, -0.25) is 9.59 Å². The monoisotopic (exact) mass is 401 g/mol. The predicted molar refractivity (Wildman–Crippen MR) is 99.6 cm³/mol. The second-order valence-electron chi connectivity index (χ2n) is 6.31. The first-order valence-electron chi connectivity index (χ1n) is 8.36. The largest absolute Gasteiger partial charge is 0.426 e. The van der Waals surface area contributed by atoms with Gasteiger partial charge in [0.25, 0.3) is 5.91 Å². The molecule has 1 fully saturated rings. The number of carbonyl (C=O) groups is 2. The molecule has 1 amide bonds. The predicted octanol–water partition coefficient (Wildman–Crippen LogP) is 4.22. The molecule has 0 unspecified atom stereocenters. The van der Waals surface area contributed by atoms with Gasteiger partial charge in [-0.1, -0.05) is 28.1 Å². The van der Waals surface area contributed by atoms with Crippen LogP contribution in [0.2, 0.25) is 0 Å². The summed E-state index contributed by atoms with van der Waals surface area (Å²) in [4.78, 5) is 26.6. The Hall–Kier alpha value is -2.14. The molecule has 25 heavy (non-hydrogen) atoms. The molecule has 0 N–H and O–H groups in total. The summed E-state index contributed by atoms with van der Waals surface area (Å²) in [6.07, 6.45) is 1.26. The van der Waals surface area contributed by atoms with E-state index >= 15 is 0 Å². The zero-order valence-corrected chi connectivity index (χ0v) is 15.7. The minimum atomic E-state index is -0.207. The Bertz CT molecular complexity index is 765. The molecular weight excluding hydrogens is 382 g/mol. The van der Waals surface area contributed by atoms with Gasteiger partial charge < -0.3 is 9.64 Å². The molecule has 0 radical (unpaired) electrons. The summed E-state index contributed by atoms with van der Waals surface area (Å²) in [5.41, 5.74) is 1.73. The van der Waals surface area contributed by atoms with Crippen LogP contribution in [0, 0.1) is 12.8 Å². The number of benzene rings is 2. The van der Waals surface area contributed by atoms with E-state index in [0.717, 1.165) is 10.0 Å². The van der Waals surface area contributed by atoms with Crippen LogP contribution in [0.15, 0.2) is 53.0 Å². The molecule has 0 atom stereocenters. The summed E-state index contributed by atoms with van der Waals surface area (Å²) in [6, 6.07) is 14.8. The minimum absolute atomic E-state index is 0.0120. The van der Waals surface area contributed by atoms with Crippen molar-refractivity contribution in [2.24, 2.45) is 5.92 Å². The molecule has 0 spiro atoms. The molecule has 2 aromatic rings. The van der Waals surface area contributed by atoms with Gasteiger partial charge in [-0.2, -0.15) is 0 Å². The molecule has 130 valence electrons. The lowest BCUT2D eigenvalue weighted by atomic mass is 9.96. The third kappa shape index (κ3) is 4.48. The summed E-state index contributed by atoms with van der Waals surface area (Å²) in [6.45, 7) is 3.11. The Morgan fingerprint density at radius 2 is 1.76 bits per heavy atom. The molecule has 0 saturated carbocycles. The van der Waals surface area contributed by atoms with E-state index in [1.54, 1.807) is 11.0 Å². The number of carbonyl (C=O) groups excluding carboxylic acids is 2. The molecule has 5 heteroatoms. The Morgan fingerprint density at radius 3 is 2.40 bits per heavy atom. The van der Waals surface area contributed by atoms with E-state index in [2.05, 4.69) is 15.9 Å². The number of nitrogens with zero attached hydrogens (tertiary/aromatic N) is 1. The Kier molecular flexibility index (Phi) is 5.53. The summed E-state index contributed by atoms with van der Waals surface area (Å²) >= 11 is 3.37. The zero-order chi connectivity index (χ0) is 17.8. The maximum Gasteiger partial charge on any atom is 0.314 e. The van der Waals surface area contributed by atoms with Gasteiger partial charge in [0, 0.05) is 23.1 Å². The number of hydrogen-bond acceptors (Lipinski definition) is 3. The Labute approximate surface area is 155 Å². The van der Waals surface area contributed by atoms with Gasteiger partial charge in [-0.05, 0) is 61.7 Å². The summed E-state index contributed by atoms with van der Waals surface area (Å²) < 4.78 is 6.43. The van der Waals surface area contributed by atoms with Crippen LogP contribution >= 0.6 is 15.9 Å². The highest BCUT2D eigenvalue weighted by Crippen LogP contribution is 2.23. The molecule has 4 nitrogen and oxygen atoms in total. The third-order valence-electron chi connectivity index (χ3n) is 4.41. The number of hydrogen-bond donors (Lipinski definition) is 0. The van der Waals surface area contributed by atoms with Crippen molar-refractivity contribution in [3.05, 3.63) is 64.1 Å². The van der Waals surface area contributed by atoms with Crippen LogP contribution in [0.25, 0.3) is 0 Å². The van der Waals surface area contributed by atoms with Crippen molar-refractivity contribution in [3.8, 4) is 5.75 Å². The number of halogens is 1. The van der Waals surface area contributed by atoms with Gasteiger partial charge in [-0.25, -0.2) is 0 Å². The number of piperidine rings is 1. The lowest BCUT2D eigenvalue weighted by Crippen LogP contribution is -2.41. The van der Waals surface area contributed by atoms with Crippen LogP contribution in [0.3, 0.4) is 0 Å². The van der Waals surface area contributed by atoms with Gasteiger partial charge in [0.1, 0.15) is 5.75 Å². The number of ether oxygens (including phenoxy) is 1. The van der Waals surface area contributed by atoms with Crippen LogP contribution < -0.4 is 4.74 Å². The average molecular weight is 402 g/mol. The molecule has 1 heterocycles. The van der Waals surface area contributed by atoms with Crippen LogP contribution in [0.1, 0.15) is 28.8 Å². The quantitative estimate of drug-likeness (QED) is 0.571. The maximum atomic E-state index is 12.5. The lowest BCUT2D eigenvalue weighted by Gasteiger charge is -2.31. The van der Waals surface area contributed by atoms with E-state index < -0.39 is 0 Å². The van der Waals surface area contributed by atoms with E-state index in [9.17, 15) is 9.59 Å². The fraction of sp³-hybridized carbons (Fsp3) is 0.300. The summed E-state index contributed by atoms with van der Waals surface area (Å²) in [5.74, 6) is 0.229. The molecule has 0 aromatic heterocycles. The second-order valence-corrected chi connectivity index (χ2v) is 7.23. The van der Waals surface area contributed by atoms with Crippen LogP contribution in [0.5, 0.6) is 5.75 Å². The Balaban J connectivity index is 1.55. The first-order valence-corrected chi connectivity index (χ1v) is 9.15. The van der Waals surface area contributed by atoms with Crippen molar-refractivity contribution in [2.45, 2.75) is 19.8 Å². The maximum absolute atomic E-state index is 12.5. The van der Waals surface area contributed by atoms with Gasteiger partial charge in [0.2, 0.25) is 0 Å². The fourth-order valence-electron chi connectivity index (χ4n) is 2.97. The van der Waals surface area contributed by atoms with Gasteiger partial charge in [0.15, 0.2) is 0 Å². The van der Waals surface area contributed by atoms with E-state index in [4.69, 9.17) is 4.74 Å². The van der Waals surface area contributed by atoms with Crippen LogP contribution in [-0.2, 0) is 4.79 Å². The first kappa shape index (κ1) is 17.7. The topological polar surface area (TPSA) is 46.6 Å². The van der Waals surface area contributed by atoms with Crippen molar-refractivity contribution in [1.82, 2.24) is 4.90 Å². The molecule has 2 aromatic carbocycles. The fourth-order valence-corrected chi connectivity index (χ4v) is 3.24. The van der Waals surface area contributed by atoms with Gasteiger partial charge >= 0.3 is 5.97 Å². The molecule has 1 saturated heterocycles. The van der Waals surface area contributed by atoms with E-state index in [-0.39, 0.29) is 17.8 Å². The summed E-state index contributed by atoms with van der Waals surface area (Å²) in [5, 5.41) is 0.